The topological polar surface area (TPSA) is 75.4 Å². The highest BCUT2D eigenvalue weighted by atomic mass is 32.2. The number of amides is 2. The van der Waals surface area contributed by atoms with E-state index >= 15 is 0 Å². The second-order valence-electron chi connectivity index (χ2n) is 4.51. The van der Waals surface area contributed by atoms with Crippen LogP contribution in [0.25, 0.3) is 0 Å². The number of hydrogen-bond acceptors (Lipinski definition) is 4. The van der Waals surface area contributed by atoms with E-state index in [9.17, 15) is 9.59 Å². The Kier molecular flexibility index (Phi) is 10.7. The van der Waals surface area contributed by atoms with Crippen molar-refractivity contribution >= 4 is 23.6 Å². The molecule has 0 rings (SSSR count). The summed E-state index contributed by atoms with van der Waals surface area (Å²) in [6, 6.07) is 0.297. The first-order valence-electron chi connectivity index (χ1n) is 6.93. The number of hydrazine groups is 1. The van der Waals surface area contributed by atoms with Gasteiger partial charge in [0.1, 0.15) is 0 Å². The fraction of sp³-hybridized carbons (Fsp3) is 0.846. The summed E-state index contributed by atoms with van der Waals surface area (Å²) in [6.07, 6.45) is 3.09. The van der Waals surface area contributed by atoms with E-state index in [4.69, 9.17) is 5.84 Å². The molecule has 0 aromatic heterocycles. The van der Waals surface area contributed by atoms with Gasteiger partial charge in [0.2, 0.25) is 11.8 Å². The van der Waals surface area contributed by atoms with Gasteiger partial charge in [-0.25, -0.2) is 5.84 Å². The van der Waals surface area contributed by atoms with E-state index in [2.05, 4.69) is 19.3 Å². The molecular formula is C13H27N3O2S. The zero-order chi connectivity index (χ0) is 14.7. The van der Waals surface area contributed by atoms with Crippen molar-refractivity contribution in [1.82, 2.24) is 10.3 Å². The largest absolute Gasteiger partial charge is 0.339 e. The summed E-state index contributed by atoms with van der Waals surface area (Å²) in [7, 11) is 0. The van der Waals surface area contributed by atoms with Crippen LogP contribution in [0.4, 0.5) is 0 Å². The molecule has 0 aromatic carbocycles. The number of nitrogens with zero attached hydrogens (tertiary/aromatic N) is 1. The van der Waals surface area contributed by atoms with E-state index in [0.717, 1.165) is 30.9 Å². The Hall–Kier alpha value is -0.750. The third-order valence-corrected chi connectivity index (χ3v) is 3.94. The third kappa shape index (κ3) is 8.10. The molecule has 0 aromatic rings. The maximum absolute atomic E-state index is 11.9. The highest BCUT2D eigenvalue weighted by Crippen LogP contribution is 2.11. The van der Waals surface area contributed by atoms with E-state index in [-0.39, 0.29) is 11.8 Å². The lowest BCUT2D eigenvalue weighted by atomic mass is 10.1. The van der Waals surface area contributed by atoms with Crippen molar-refractivity contribution in [2.45, 2.75) is 52.5 Å². The molecule has 5 nitrogen and oxygen atoms in total. The van der Waals surface area contributed by atoms with Gasteiger partial charge in [0.25, 0.3) is 0 Å². The quantitative estimate of drug-likeness (QED) is 0.277. The summed E-state index contributed by atoms with van der Waals surface area (Å²) in [5.74, 6) is 6.66. The van der Waals surface area contributed by atoms with Crippen LogP contribution in [0.1, 0.15) is 46.5 Å². The van der Waals surface area contributed by atoms with Gasteiger partial charge in [0.05, 0.1) is 0 Å². The molecule has 1 unspecified atom stereocenters. The molecule has 0 saturated carbocycles. The first-order valence-corrected chi connectivity index (χ1v) is 8.08. The highest BCUT2D eigenvalue weighted by molar-refractivity contribution is 7.99. The van der Waals surface area contributed by atoms with Crippen molar-refractivity contribution in [3.8, 4) is 0 Å². The number of carbonyl (C=O) groups excluding carboxylic acids is 2. The summed E-state index contributed by atoms with van der Waals surface area (Å²) in [6.45, 7) is 6.88. The van der Waals surface area contributed by atoms with E-state index in [1.807, 2.05) is 11.8 Å². The van der Waals surface area contributed by atoms with Crippen LogP contribution in [0.5, 0.6) is 0 Å². The Balaban J connectivity index is 3.99. The molecule has 19 heavy (non-hydrogen) atoms. The van der Waals surface area contributed by atoms with Crippen molar-refractivity contribution in [1.29, 1.82) is 0 Å². The molecule has 0 radical (unpaired) electrons. The Morgan fingerprint density at radius 2 is 2.00 bits per heavy atom. The molecule has 112 valence electrons. The number of nitrogens with one attached hydrogen (secondary N) is 1. The average Bonchev–Trinajstić information content (AvgIpc) is 2.41. The van der Waals surface area contributed by atoms with Crippen LogP contribution in [-0.4, -0.2) is 40.8 Å². The van der Waals surface area contributed by atoms with Gasteiger partial charge >= 0.3 is 0 Å². The van der Waals surface area contributed by atoms with E-state index in [1.54, 1.807) is 11.8 Å². The normalized spacial score (nSPS) is 12.0. The molecule has 0 bridgehead atoms. The second kappa shape index (κ2) is 11.1. The fourth-order valence-electron chi connectivity index (χ4n) is 1.87. The van der Waals surface area contributed by atoms with E-state index < -0.39 is 0 Å². The number of rotatable bonds is 10. The van der Waals surface area contributed by atoms with Crippen molar-refractivity contribution in [3.05, 3.63) is 0 Å². The molecule has 0 fully saturated rings. The van der Waals surface area contributed by atoms with E-state index in [1.165, 1.54) is 0 Å². The number of nitrogens with two attached hydrogens (primary N) is 1. The minimum absolute atomic E-state index is 0.145. The van der Waals surface area contributed by atoms with Crippen LogP contribution in [0.3, 0.4) is 0 Å². The minimum Gasteiger partial charge on any atom is -0.339 e. The predicted octanol–water partition coefficient (Wildman–Crippen LogP) is 1.53. The maximum atomic E-state index is 11.9. The standard InChI is InChI=1S/C13H27N3O2S/c1-4-6-11(3)16(13(18)5-2)8-10-19-9-7-12(17)15-14/h11H,4-10,14H2,1-3H3,(H,15,17). The van der Waals surface area contributed by atoms with Crippen LogP contribution in [0, 0.1) is 0 Å². The molecule has 2 amide bonds. The van der Waals surface area contributed by atoms with Gasteiger partial charge in [-0.2, -0.15) is 11.8 Å². The van der Waals surface area contributed by atoms with E-state index in [0.29, 0.717) is 18.9 Å². The number of hydrogen-bond donors (Lipinski definition) is 2. The van der Waals surface area contributed by atoms with Crippen LogP contribution in [-0.2, 0) is 9.59 Å². The van der Waals surface area contributed by atoms with Gasteiger partial charge in [-0.05, 0) is 13.3 Å². The van der Waals surface area contributed by atoms with Gasteiger partial charge in [0, 0.05) is 36.9 Å². The molecule has 0 spiro atoms. The van der Waals surface area contributed by atoms with Crippen LogP contribution in [0.2, 0.25) is 0 Å². The summed E-state index contributed by atoms with van der Waals surface area (Å²) in [5, 5.41) is 0. The van der Waals surface area contributed by atoms with Crippen LogP contribution < -0.4 is 11.3 Å². The second-order valence-corrected chi connectivity index (χ2v) is 5.73. The zero-order valence-electron chi connectivity index (χ0n) is 12.3. The Morgan fingerprint density at radius 1 is 1.32 bits per heavy atom. The zero-order valence-corrected chi connectivity index (χ0v) is 13.1. The van der Waals surface area contributed by atoms with Crippen LogP contribution in [0.15, 0.2) is 0 Å². The minimum atomic E-state index is -0.145. The monoisotopic (exact) mass is 289 g/mol. The van der Waals surface area contributed by atoms with Crippen molar-refractivity contribution in [2.75, 3.05) is 18.1 Å². The first kappa shape index (κ1) is 18.2. The molecule has 6 heteroatoms. The summed E-state index contributed by atoms with van der Waals surface area (Å²) in [4.78, 5) is 24.8. The highest BCUT2D eigenvalue weighted by Gasteiger charge is 2.17. The summed E-state index contributed by atoms with van der Waals surface area (Å²) >= 11 is 1.68. The molecule has 0 aliphatic carbocycles. The Labute approximate surface area is 120 Å². The SMILES string of the molecule is CCCC(C)N(CCSCCC(=O)NN)C(=O)CC. The lowest BCUT2D eigenvalue weighted by molar-refractivity contribution is -0.132. The molecular weight excluding hydrogens is 262 g/mol. The fourth-order valence-corrected chi connectivity index (χ4v) is 2.73. The molecule has 0 saturated heterocycles. The van der Waals surface area contributed by atoms with Gasteiger partial charge in [-0.15, -0.1) is 0 Å². The maximum Gasteiger partial charge on any atom is 0.234 e. The number of thioether (sulfide) groups is 1. The van der Waals surface area contributed by atoms with Crippen LogP contribution >= 0.6 is 11.8 Å². The Bertz CT molecular complexity index is 275. The van der Waals surface area contributed by atoms with Gasteiger partial charge in [-0.1, -0.05) is 20.3 Å². The third-order valence-electron chi connectivity index (χ3n) is 2.97. The molecule has 3 N–H and O–H groups in total. The van der Waals surface area contributed by atoms with Crippen molar-refractivity contribution in [3.63, 3.8) is 0 Å². The smallest absolute Gasteiger partial charge is 0.234 e. The first-order chi connectivity index (χ1) is 9.06. The molecule has 0 aliphatic heterocycles. The summed E-state index contributed by atoms with van der Waals surface area (Å²) in [5.41, 5.74) is 2.11. The lowest BCUT2D eigenvalue weighted by Crippen LogP contribution is -2.39. The Morgan fingerprint density at radius 3 is 2.53 bits per heavy atom. The average molecular weight is 289 g/mol. The molecule has 1 atom stereocenters. The predicted molar refractivity (Wildman–Crippen MR) is 80.6 cm³/mol. The van der Waals surface area contributed by atoms with Crippen molar-refractivity contribution in [2.24, 2.45) is 5.84 Å². The molecule has 0 aliphatic rings. The van der Waals surface area contributed by atoms with Crippen molar-refractivity contribution < 1.29 is 9.59 Å². The number of carbonyl (C=O) groups is 2. The van der Waals surface area contributed by atoms with Gasteiger partial charge in [0.15, 0.2) is 0 Å². The molecule has 0 heterocycles. The van der Waals surface area contributed by atoms with Gasteiger partial charge in [-0.3, -0.25) is 15.0 Å². The summed E-state index contributed by atoms with van der Waals surface area (Å²) < 4.78 is 0. The van der Waals surface area contributed by atoms with Gasteiger partial charge < -0.3 is 4.90 Å². The lowest BCUT2D eigenvalue weighted by Gasteiger charge is -2.29.